The van der Waals surface area contributed by atoms with Crippen molar-refractivity contribution in [3.63, 3.8) is 0 Å². The molecule has 0 aromatic carbocycles. The largest absolute Gasteiger partial charge is 0.299 e. The Balaban J connectivity index is 3.23. The second-order valence-corrected chi connectivity index (χ2v) is 12.6. The first-order valence-electron chi connectivity index (χ1n) is 16.9. The third-order valence-corrected chi connectivity index (χ3v) is 9.06. The molecule has 0 bridgehead atoms. The van der Waals surface area contributed by atoms with E-state index in [0.717, 1.165) is 56.6 Å². The van der Waals surface area contributed by atoms with E-state index >= 15 is 0 Å². The highest BCUT2D eigenvalue weighted by Crippen LogP contribution is 2.44. The van der Waals surface area contributed by atoms with Crippen molar-refractivity contribution in [2.45, 2.75) is 105 Å². The minimum atomic E-state index is 0.198. The summed E-state index contributed by atoms with van der Waals surface area (Å²) in [5.74, 6) is 0.942. The van der Waals surface area contributed by atoms with E-state index in [2.05, 4.69) is 107 Å². The molecule has 0 aliphatic carbocycles. The molecular weight excluding hydrogens is 555 g/mol. The van der Waals surface area contributed by atoms with Gasteiger partial charge in [-0.15, -0.1) is 0 Å². The molecule has 1 fully saturated rings. The number of unbranched alkanes of at least 4 members (excludes halogenated alkanes) is 1. The van der Waals surface area contributed by atoms with Crippen molar-refractivity contribution < 1.29 is 0 Å². The van der Waals surface area contributed by atoms with Gasteiger partial charge in [0.1, 0.15) is 0 Å². The first-order valence-corrected chi connectivity index (χ1v) is 17.6. The summed E-state index contributed by atoms with van der Waals surface area (Å²) in [5, 5.41) is 0. The highest BCUT2D eigenvalue weighted by molar-refractivity contribution is 7.80. The van der Waals surface area contributed by atoms with Crippen LogP contribution in [-0.4, -0.2) is 54.8 Å². The second kappa shape index (κ2) is 23.9. The zero-order valence-electron chi connectivity index (χ0n) is 29.0. The van der Waals surface area contributed by atoms with E-state index in [1.54, 1.807) is 11.6 Å². The standard InChI is InChI=1S/C40H63N3S/c1-9-14-20-34(6)36(8)40(24-11-3)25-19-28-43(29-26-40)33-38(23-18-27-41-32-37(12-4)22-15-10-2)31-39(13-5)42-35(7)21-16-17-30-44/h9-10,12,14-15,18,20,22-23,31-32,39,44H,1-2,11,13,16-17,19,21,24-30,33H2,3-8H3/b20-14-,22-15-,23-18-,36-34+,37-12+,38-31+,41-32?,42-35?. The Morgan fingerprint density at radius 2 is 1.75 bits per heavy atom. The fraction of sp³-hybridized carbons (Fsp3) is 0.550. The van der Waals surface area contributed by atoms with Gasteiger partial charge in [-0.05, 0) is 114 Å². The Kier molecular flexibility index (Phi) is 21.5. The molecule has 2 atom stereocenters. The topological polar surface area (TPSA) is 28.0 Å². The van der Waals surface area contributed by atoms with Gasteiger partial charge >= 0.3 is 0 Å². The average molecular weight is 618 g/mol. The molecule has 1 heterocycles. The van der Waals surface area contributed by atoms with Crippen molar-refractivity contribution in [3.05, 3.63) is 96.2 Å². The maximum Gasteiger partial charge on any atom is 0.0682 e. The van der Waals surface area contributed by atoms with Crippen LogP contribution in [0, 0.1) is 5.41 Å². The summed E-state index contributed by atoms with van der Waals surface area (Å²) in [6, 6.07) is 0.198. The molecule has 0 radical (unpaired) electrons. The van der Waals surface area contributed by atoms with Crippen molar-refractivity contribution >= 4 is 24.6 Å². The Morgan fingerprint density at radius 1 is 1.00 bits per heavy atom. The van der Waals surface area contributed by atoms with Gasteiger partial charge in [0.2, 0.25) is 0 Å². The van der Waals surface area contributed by atoms with Crippen LogP contribution in [0.25, 0.3) is 0 Å². The quantitative estimate of drug-likeness (QED) is 0.0626. The van der Waals surface area contributed by atoms with Gasteiger partial charge in [-0.2, -0.15) is 12.6 Å². The van der Waals surface area contributed by atoms with E-state index in [9.17, 15) is 0 Å². The summed E-state index contributed by atoms with van der Waals surface area (Å²) >= 11 is 4.37. The lowest BCUT2D eigenvalue weighted by Gasteiger charge is -2.35. The van der Waals surface area contributed by atoms with Crippen LogP contribution in [0.3, 0.4) is 0 Å². The SMILES string of the molecule is C=C/C=C\C(C=NC/C=C\C(=C/C(CC)N=C(C)CCCCS)CN1CCCC(CCC)(/C(C)=C(C)/C=C\C=C)CC1)=C/C. The van der Waals surface area contributed by atoms with Gasteiger partial charge in [-0.25, -0.2) is 0 Å². The molecule has 0 amide bonds. The summed E-state index contributed by atoms with van der Waals surface area (Å²) in [7, 11) is 0. The molecule has 0 spiro atoms. The fourth-order valence-corrected chi connectivity index (χ4v) is 6.25. The minimum absolute atomic E-state index is 0.198. The molecule has 0 saturated carbocycles. The maximum absolute atomic E-state index is 5.13. The van der Waals surface area contributed by atoms with Crippen molar-refractivity contribution in [2.75, 3.05) is 31.9 Å². The van der Waals surface area contributed by atoms with E-state index < -0.39 is 0 Å². The van der Waals surface area contributed by atoms with Gasteiger partial charge in [0.15, 0.2) is 0 Å². The van der Waals surface area contributed by atoms with Crippen molar-refractivity contribution in [2.24, 2.45) is 15.4 Å². The number of likely N-dealkylation sites (tertiary alicyclic amines) is 1. The molecular formula is C40H63N3S. The van der Waals surface area contributed by atoms with Crippen LogP contribution < -0.4 is 0 Å². The van der Waals surface area contributed by atoms with Crippen LogP contribution in [0.2, 0.25) is 0 Å². The highest BCUT2D eigenvalue weighted by Gasteiger charge is 2.34. The predicted octanol–water partition coefficient (Wildman–Crippen LogP) is 10.9. The molecule has 2 unspecified atom stereocenters. The number of rotatable bonds is 20. The van der Waals surface area contributed by atoms with Crippen molar-refractivity contribution in [1.82, 2.24) is 4.90 Å². The van der Waals surface area contributed by atoms with Gasteiger partial charge in [0.25, 0.3) is 0 Å². The summed E-state index contributed by atoms with van der Waals surface area (Å²) in [6.45, 7) is 24.9. The Hall–Kier alpha value is -2.43. The van der Waals surface area contributed by atoms with Gasteiger partial charge in [0.05, 0.1) is 12.6 Å². The van der Waals surface area contributed by atoms with Crippen LogP contribution in [-0.2, 0) is 0 Å². The number of hydrogen-bond acceptors (Lipinski definition) is 4. The first-order chi connectivity index (χ1) is 21.3. The highest BCUT2D eigenvalue weighted by atomic mass is 32.1. The predicted molar refractivity (Wildman–Crippen MR) is 204 cm³/mol. The maximum atomic E-state index is 5.13. The fourth-order valence-electron chi connectivity index (χ4n) is 6.02. The van der Waals surface area contributed by atoms with Gasteiger partial charge in [-0.1, -0.05) is 105 Å². The molecule has 3 nitrogen and oxygen atoms in total. The Morgan fingerprint density at radius 3 is 2.41 bits per heavy atom. The molecule has 0 N–H and O–H groups in total. The van der Waals surface area contributed by atoms with E-state index in [0.29, 0.717) is 6.54 Å². The summed E-state index contributed by atoms with van der Waals surface area (Å²) in [5.41, 5.74) is 6.91. The van der Waals surface area contributed by atoms with E-state index in [1.165, 1.54) is 49.0 Å². The van der Waals surface area contributed by atoms with Crippen molar-refractivity contribution in [1.29, 1.82) is 0 Å². The summed E-state index contributed by atoms with van der Waals surface area (Å²) < 4.78 is 0. The molecule has 0 aromatic rings. The van der Waals surface area contributed by atoms with Crippen LogP contribution in [0.15, 0.2) is 106 Å². The lowest BCUT2D eigenvalue weighted by atomic mass is 9.70. The van der Waals surface area contributed by atoms with Gasteiger partial charge in [0, 0.05) is 18.5 Å². The Bertz CT molecular complexity index is 1100. The molecule has 1 saturated heterocycles. The number of nitrogens with zero attached hydrogens (tertiary/aromatic N) is 3. The minimum Gasteiger partial charge on any atom is -0.299 e. The lowest BCUT2D eigenvalue weighted by Crippen LogP contribution is -2.29. The molecule has 244 valence electrons. The number of aliphatic imine (C=N–C) groups is 2. The zero-order valence-corrected chi connectivity index (χ0v) is 29.9. The molecule has 1 rings (SSSR count). The molecule has 0 aromatic heterocycles. The monoisotopic (exact) mass is 617 g/mol. The van der Waals surface area contributed by atoms with E-state index in [1.807, 2.05) is 31.4 Å². The average Bonchev–Trinajstić information content (AvgIpc) is 3.23. The molecule has 4 heteroatoms. The van der Waals surface area contributed by atoms with E-state index in [-0.39, 0.29) is 11.5 Å². The van der Waals surface area contributed by atoms with Gasteiger partial charge < -0.3 is 0 Å². The molecule has 1 aliphatic rings. The molecule has 44 heavy (non-hydrogen) atoms. The smallest absolute Gasteiger partial charge is 0.0682 e. The normalized spacial score (nSPS) is 21.0. The number of allylic oxidation sites excluding steroid dienone is 10. The first kappa shape index (κ1) is 39.6. The van der Waals surface area contributed by atoms with Crippen LogP contribution in [0.4, 0.5) is 0 Å². The second-order valence-electron chi connectivity index (χ2n) is 12.1. The third kappa shape index (κ3) is 15.5. The van der Waals surface area contributed by atoms with Crippen LogP contribution >= 0.6 is 12.6 Å². The molecule has 1 aliphatic heterocycles. The number of hydrogen-bond donors (Lipinski definition) is 1. The summed E-state index contributed by atoms with van der Waals surface area (Å²) in [6.07, 6.45) is 33.3. The summed E-state index contributed by atoms with van der Waals surface area (Å²) in [4.78, 5) is 12.5. The third-order valence-electron chi connectivity index (χ3n) is 8.74. The lowest BCUT2D eigenvalue weighted by molar-refractivity contribution is 0.258. The van der Waals surface area contributed by atoms with Crippen molar-refractivity contribution in [3.8, 4) is 0 Å². The zero-order chi connectivity index (χ0) is 32.6. The van der Waals surface area contributed by atoms with Gasteiger partial charge in [-0.3, -0.25) is 14.9 Å². The van der Waals surface area contributed by atoms with Crippen LogP contribution in [0.1, 0.15) is 99.3 Å². The van der Waals surface area contributed by atoms with Crippen LogP contribution in [0.5, 0.6) is 0 Å². The number of thiol groups is 1. The Labute approximate surface area is 277 Å². The van der Waals surface area contributed by atoms with E-state index in [4.69, 9.17) is 4.99 Å².